The van der Waals surface area contributed by atoms with Gasteiger partial charge in [0.1, 0.15) is 17.2 Å². The fourth-order valence-electron chi connectivity index (χ4n) is 5.11. The molecule has 10 heteroatoms. The molecular formula is C24H28N8O2. The van der Waals surface area contributed by atoms with E-state index in [-0.39, 0.29) is 17.5 Å². The van der Waals surface area contributed by atoms with E-state index in [2.05, 4.69) is 25.5 Å². The van der Waals surface area contributed by atoms with Crippen molar-refractivity contribution in [1.82, 2.24) is 24.8 Å². The van der Waals surface area contributed by atoms with Gasteiger partial charge in [-0.1, -0.05) is 12.8 Å². The Morgan fingerprint density at radius 2 is 1.82 bits per heavy atom. The Bertz CT molecular complexity index is 1280. The molecule has 0 bridgehead atoms. The molecule has 5 heterocycles. The van der Waals surface area contributed by atoms with Crippen LogP contribution in [-0.4, -0.2) is 58.1 Å². The molecule has 6 rings (SSSR count). The highest BCUT2D eigenvalue weighted by molar-refractivity contribution is 6.00. The zero-order valence-electron chi connectivity index (χ0n) is 19.0. The van der Waals surface area contributed by atoms with Crippen molar-refractivity contribution in [1.29, 1.82) is 0 Å². The highest BCUT2D eigenvalue weighted by Crippen LogP contribution is 2.32. The van der Waals surface area contributed by atoms with Crippen LogP contribution in [0.4, 0.5) is 23.1 Å². The van der Waals surface area contributed by atoms with E-state index < -0.39 is 0 Å². The number of carbonyl (C=O) groups is 1. The summed E-state index contributed by atoms with van der Waals surface area (Å²) in [6.07, 6.45) is 8.12. The van der Waals surface area contributed by atoms with Crippen LogP contribution in [0, 0.1) is 0 Å². The highest BCUT2D eigenvalue weighted by atomic mass is 16.2. The second-order valence-corrected chi connectivity index (χ2v) is 9.17. The van der Waals surface area contributed by atoms with Crippen molar-refractivity contribution in [3.63, 3.8) is 0 Å². The average Bonchev–Trinajstić information content (AvgIpc) is 3.39. The van der Waals surface area contributed by atoms with Crippen LogP contribution in [0.15, 0.2) is 35.4 Å². The van der Waals surface area contributed by atoms with Crippen LogP contribution in [0.25, 0.3) is 11.0 Å². The van der Waals surface area contributed by atoms with Crippen molar-refractivity contribution < 1.29 is 4.79 Å². The number of fused-ring (bicyclic) bond motifs is 1. The molecule has 3 fully saturated rings. The number of β-lactam (4-membered cyclic amide) rings is 1. The Kier molecular flexibility index (Phi) is 5.37. The second-order valence-electron chi connectivity index (χ2n) is 9.17. The van der Waals surface area contributed by atoms with Crippen LogP contribution in [-0.2, 0) is 4.79 Å². The van der Waals surface area contributed by atoms with E-state index in [4.69, 9.17) is 4.98 Å². The Morgan fingerprint density at radius 3 is 2.50 bits per heavy atom. The van der Waals surface area contributed by atoms with E-state index in [1.54, 1.807) is 21.7 Å². The van der Waals surface area contributed by atoms with Crippen LogP contribution < -0.4 is 26.0 Å². The number of pyridine rings is 2. The van der Waals surface area contributed by atoms with Crippen molar-refractivity contribution in [3.05, 3.63) is 40.9 Å². The Labute approximate surface area is 197 Å². The number of amides is 1. The van der Waals surface area contributed by atoms with E-state index in [0.717, 1.165) is 62.9 Å². The van der Waals surface area contributed by atoms with Crippen LogP contribution >= 0.6 is 0 Å². The van der Waals surface area contributed by atoms with Gasteiger partial charge in [-0.25, -0.2) is 9.97 Å². The van der Waals surface area contributed by atoms with Gasteiger partial charge in [-0.3, -0.25) is 14.2 Å². The van der Waals surface area contributed by atoms with Crippen molar-refractivity contribution in [2.75, 3.05) is 47.8 Å². The Balaban J connectivity index is 1.33. The number of nitrogens with zero attached hydrogens (tertiary/aromatic N) is 6. The van der Waals surface area contributed by atoms with E-state index in [0.29, 0.717) is 36.1 Å². The number of hydrogen-bond donors (Lipinski definition) is 2. The molecule has 2 N–H and O–H groups in total. The monoisotopic (exact) mass is 460 g/mol. The summed E-state index contributed by atoms with van der Waals surface area (Å²) in [5.74, 6) is 1.04. The van der Waals surface area contributed by atoms with Gasteiger partial charge >= 0.3 is 0 Å². The third-order valence-electron chi connectivity index (χ3n) is 7.06. The second kappa shape index (κ2) is 8.68. The topological polar surface area (TPSA) is 108 Å². The van der Waals surface area contributed by atoms with Crippen molar-refractivity contribution in [2.45, 2.75) is 38.1 Å². The number of piperazine rings is 1. The van der Waals surface area contributed by atoms with Crippen LogP contribution in [0.3, 0.4) is 0 Å². The standard InChI is InChI=1S/C24H28N8O2/c33-21-7-10-31(21)19-13-16-14-27-24(29-22(16)32(23(19)34)17-3-1-2-4-17)28-20-6-5-18(15-26-20)30-11-8-25-9-12-30/h5-6,13-15,17,25H,1-4,7-12H2,(H,26,27,28,29). The molecule has 3 aliphatic rings. The molecule has 3 aromatic rings. The third-order valence-corrected chi connectivity index (χ3v) is 7.06. The first kappa shape index (κ1) is 21.0. The first-order valence-electron chi connectivity index (χ1n) is 12.1. The molecule has 2 aliphatic heterocycles. The van der Waals surface area contributed by atoms with Gasteiger partial charge in [0.05, 0.1) is 11.9 Å². The lowest BCUT2D eigenvalue weighted by molar-refractivity contribution is -0.122. The molecule has 1 aliphatic carbocycles. The summed E-state index contributed by atoms with van der Waals surface area (Å²) in [6, 6.07) is 5.82. The fourth-order valence-corrected chi connectivity index (χ4v) is 5.11. The lowest BCUT2D eigenvalue weighted by Gasteiger charge is -2.31. The van der Waals surface area contributed by atoms with E-state index in [9.17, 15) is 9.59 Å². The first-order chi connectivity index (χ1) is 16.7. The summed E-state index contributed by atoms with van der Waals surface area (Å²) in [4.78, 5) is 43.2. The number of hydrogen-bond acceptors (Lipinski definition) is 8. The maximum atomic E-state index is 13.5. The number of carbonyl (C=O) groups excluding carboxylic acids is 1. The molecule has 34 heavy (non-hydrogen) atoms. The summed E-state index contributed by atoms with van der Waals surface area (Å²) in [5.41, 5.74) is 1.99. The van der Waals surface area contributed by atoms with E-state index in [1.165, 1.54) is 0 Å². The van der Waals surface area contributed by atoms with Crippen LogP contribution in [0.5, 0.6) is 0 Å². The van der Waals surface area contributed by atoms with Gasteiger partial charge in [-0.2, -0.15) is 4.98 Å². The fraction of sp³-hybridized carbons (Fsp3) is 0.458. The molecule has 0 atom stereocenters. The molecule has 1 amide bonds. The zero-order valence-corrected chi connectivity index (χ0v) is 19.0. The average molecular weight is 461 g/mol. The first-order valence-corrected chi connectivity index (χ1v) is 12.1. The SMILES string of the molecule is O=C1CCN1c1cc2cnc(Nc3ccc(N4CCNCC4)cn3)nc2n(C2CCCC2)c1=O. The lowest BCUT2D eigenvalue weighted by Crippen LogP contribution is -2.47. The molecule has 3 aromatic heterocycles. The largest absolute Gasteiger partial charge is 0.368 e. The zero-order chi connectivity index (χ0) is 23.1. The molecule has 0 aromatic carbocycles. The lowest BCUT2D eigenvalue weighted by atomic mass is 10.1. The minimum absolute atomic E-state index is 0.0102. The molecule has 0 radical (unpaired) electrons. The summed E-state index contributed by atoms with van der Waals surface area (Å²) in [5, 5.41) is 7.30. The summed E-state index contributed by atoms with van der Waals surface area (Å²) in [6.45, 7) is 4.46. The molecule has 176 valence electrons. The number of aromatic nitrogens is 4. The number of rotatable bonds is 5. The smallest absolute Gasteiger partial charge is 0.276 e. The summed E-state index contributed by atoms with van der Waals surface area (Å²) >= 11 is 0. The van der Waals surface area contributed by atoms with Gasteiger partial charge in [0.15, 0.2) is 0 Å². The molecule has 0 unspecified atom stereocenters. The van der Waals surface area contributed by atoms with Crippen molar-refractivity contribution >= 4 is 40.1 Å². The molecule has 2 saturated heterocycles. The maximum Gasteiger partial charge on any atom is 0.276 e. The predicted octanol–water partition coefficient (Wildman–Crippen LogP) is 2.19. The van der Waals surface area contributed by atoms with E-state index in [1.807, 2.05) is 18.3 Å². The molecule has 0 spiro atoms. The minimum Gasteiger partial charge on any atom is -0.368 e. The summed E-state index contributed by atoms with van der Waals surface area (Å²) < 4.78 is 1.79. The molecular weight excluding hydrogens is 432 g/mol. The quantitative estimate of drug-likeness (QED) is 0.558. The Morgan fingerprint density at radius 1 is 1.00 bits per heavy atom. The van der Waals surface area contributed by atoms with Crippen molar-refractivity contribution in [3.8, 4) is 0 Å². The van der Waals surface area contributed by atoms with Gasteiger partial charge < -0.3 is 20.4 Å². The van der Waals surface area contributed by atoms with Crippen LogP contribution in [0.2, 0.25) is 0 Å². The van der Waals surface area contributed by atoms with Gasteiger partial charge in [-0.15, -0.1) is 0 Å². The van der Waals surface area contributed by atoms with Gasteiger partial charge in [0, 0.05) is 56.8 Å². The van der Waals surface area contributed by atoms with E-state index >= 15 is 0 Å². The highest BCUT2D eigenvalue weighted by Gasteiger charge is 2.31. The predicted molar refractivity (Wildman–Crippen MR) is 131 cm³/mol. The summed E-state index contributed by atoms with van der Waals surface area (Å²) in [7, 11) is 0. The number of nitrogens with one attached hydrogen (secondary N) is 2. The maximum absolute atomic E-state index is 13.5. The molecule has 1 saturated carbocycles. The molecule has 10 nitrogen and oxygen atoms in total. The van der Waals surface area contributed by atoms with Crippen molar-refractivity contribution in [2.24, 2.45) is 0 Å². The van der Waals surface area contributed by atoms with Gasteiger partial charge in [0.2, 0.25) is 11.9 Å². The minimum atomic E-state index is -0.143. The third kappa shape index (κ3) is 3.77. The van der Waals surface area contributed by atoms with Crippen LogP contribution in [0.1, 0.15) is 38.1 Å². The van der Waals surface area contributed by atoms with Gasteiger partial charge in [0.25, 0.3) is 5.56 Å². The normalized spacial score (nSPS) is 19.0. The Hall–Kier alpha value is -3.53. The number of anilines is 4. The van der Waals surface area contributed by atoms with Gasteiger partial charge in [-0.05, 0) is 31.0 Å².